The van der Waals surface area contributed by atoms with Crippen molar-refractivity contribution in [2.24, 2.45) is 0 Å². The number of hydrogen-bond acceptors (Lipinski definition) is 4. The van der Waals surface area contributed by atoms with Gasteiger partial charge in [0.15, 0.2) is 0 Å². The van der Waals surface area contributed by atoms with E-state index in [9.17, 15) is 9.59 Å². The maximum atomic E-state index is 9.98. The van der Waals surface area contributed by atoms with E-state index in [1.165, 1.54) is 0 Å². The quantitative estimate of drug-likeness (QED) is 0.294. The molecule has 0 aromatic rings. The SMILES string of the molecule is O=C(O)CCNNCCC(=O)O. The zero-order chi connectivity index (χ0) is 9.40. The van der Waals surface area contributed by atoms with Gasteiger partial charge in [0.05, 0.1) is 12.8 Å². The molecular formula is C6H12N2O4. The van der Waals surface area contributed by atoms with Crippen LogP contribution in [0, 0.1) is 0 Å². The third-order valence-corrected chi connectivity index (χ3v) is 1.05. The summed E-state index contributed by atoms with van der Waals surface area (Å²) in [4.78, 5) is 20.0. The van der Waals surface area contributed by atoms with Crippen LogP contribution in [-0.2, 0) is 9.59 Å². The van der Waals surface area contributed by atoms with Crippen LogP contribution in [0.2, 0.25) is 0 Å². The van der Waals surface area contributed by atoms with Crippen molar-refractivity contribution >= 4 is 11.9 Å². The molecule has 12 heavy (non-hydrogen) atoms. The van der Waals surface area contributed by atoms with Gasteiger partial charge in [0.2, 0.25) is 0 Å². The van der Waals surface area contributed by atoms with Gasteiger partial charge < -0.3 is 10.2 Å². The third-order valence-electron chi connectivity index (χ3n) is 1.05. The second-order valence-electron chi connectivity index (χ2n) is 2.14. The Morgan fingerprint density at radius 2 is 1.25 bits per heavy atom. The van der Waals surface area contributed by atoms with Crippen molar-refractivity contribution in [3.05, 3.63) is 0 Å². The molecule has 0 spiro atoms. The number of nitrogens with one attached hydrogen (secondary N) is 2. The van der Waals surface area contributed by atoms with E-state index in [2.05, 4.69) is 10.9 Å². The van der Waals surface area contributed by atoms with Gasteiger partial charge in [0.25, 0.3) is 0 Å². The van der Waals surface area contributed by atoms with Crippen molar-refractivity contribution in [3.8, 4) is 0 Å². The lowest BCUT2D eigenvalue weighted by molar-refractivity contribution is -0.138. The minimum atomic E-state index is -0.887. The van der Waals surface area contributed by atoms with E-state index in [1.807, 2.05) is 0 Å². The minimum Gasteiger partial charge on any atom is -0.481 e. The molecule has 0 saturated carbocycles. The van der Waals surface area contributed by atoms with Crippen LogP contribution in [0.15, 0.2) is 0 Å². The Labute approximate surface area is 69.5 Å². The van der Waals surface area contributed by atoms with Crippen molar-refractivity contribution < 1.29 is 19.8 Å². The van der Waals surface area contributed by atoms with Crippen LogP contribution in [0.25, 0.3) is 0 Å². The van der Waals surface area contributed by atoms with Crippen molar-refractivity contribution in [1.29, 1.82) is 0 Å². The summed E-state index contributed by atoms with van der Waals surface area (Å²) in [5, 5.41) is 16.4. The fourth-order valence-corrected chi connectivity index (χ4v) is 0.516. The smallest absolute Gasteiger partial charge is 0.304 e. The second kappa shape index (κ2) is 6.56. The molecule has 6 heteroatoms. The molecule has 4 N–H and O–H groups in total. The monoisotopic (exact) mass is 176 g/mol. The van der Waals surface area contributed by atoms with Gasteiger partial charge in [0.1, 0.15) is 0 Å². The highest BCUT2D eigenvalue weighted by Crippen LogP contribution is 1.75. The number of rotatable bonds is 7. The molecule has 0 aromatic carbocycles. The van der Waals surface area contributed by atoms with Gasteiger partial charge in [-0.3, -0.25) is 20.4 Å². The van der Waals surface area contributed by atoms with Gasteiger partial charge in [-0.05, 0) is 0 Å². The van der Waals surface area contributed by atoms with Gasteiger partial charge >= 0.3 is 11.9 Å². The van der Waals surface area contributed by atoms with Gasteiger partial charge in [-0.15, -0.1) is 0 Å². The summed E-state index contributed by atoms with van der Waals surface area (Å²) in [5.41, 5.74) is 5.16. The van der Waals surface area contributed by atoms with Crippen LogP contribution in [0.5, 0.6) is 0 Å². The summed E-state index contributed by atoms with van der Waals surface area (Å²) in [7, 11) is 0. The molecule has 0 bridgehead atoms. The topological polar surface area (TPSA) is 98.7 Å². The zero-order valence-electron chi connectivity index (χ0n) is 6.54. The van der Waals surface area contributed by atoms with E-state index in [4.69, 9.17) is 10.2 Å². The highest BCUT2D eigenvalue weighted by molar-refractivity contribution is 5.67. The highest BCUT2D eigenvalue weighted by Gasteiger charge is 1.96. The van der Waals surface area contributed by atoms with Crippen LogP contribution < -0.4 is 10.9 Å². The molecule has 0 saturated heterocycles. The van der Waals surface area contributed by atoms with Crippen molar-refractivity contribution in [3.63, 3.8) is 0 Å². The van der Waals surface area contributed by atoms with E-state index in [0.717, 1.165) is 0 Å². The van der Waals surface area contributed by atoms with E-state index >= 15 is 0 Å². The standard InChI is InChI=1S/C6H12N2O4/c9-5(10)1-3-7-8-4-2-6(11)12/h7-8H,1-4H2,(H,9,10)(H,11,12). The van der Waals surface area contributed by atoms with Crippen molar-refractivity contribution in [2.75, 3.05) is 13.1 Å². The van der Waals surface area contributed by atoms with Crippen LogP contribution in [0.1, 0.15) is 12.8 Å². The average Bonchev–Trinajstić information content (AvgIpc) is 1.95. The molecular weight excluding hydrogens is 164 g/mol. The second-order valence-corrected chi connectivity index (χ2v) is 2.14. The Morgan fingerprint density at radius 3 is 1.50 bits per heavy atom. The normalized spacial score (nSPS) is 9.67. The van der Waals surface area contributed by atoms with E-state index in [1.54, 1.807) is 0 Å². The van der Waals surface area contributed by atoms with Crippen LogP contribution in [0.3, 0.4) is 0 Å². The summed E-state index contributed by atoms with van der Waals surface area (Å²) in [6.45, 7) is 0.573. The fourth-order valence-electron chi connectivity index (χ4n) is 0.516. The fraction of sp³-hybridized carbons (Fsp3) is 0.667. The molecule has 0 rings (SSSR count). The molecule has 0 fully saturated rings. The van der Waals surface area contributed by atoms with Crippen LogP contribution >= 0.6 is 0 Å². The summed E-state index contributed by atoms with van der Waals surface area (Å²) in [6.07, 6.45) is 0.0279. The Bertz CT molecular complexity index is 142. The maximum absolute atomic E-state index is 9.98. The predicted molar refractivity (Wildman–Crippen MR) is 40.5 cm³/mol. The Kier molecular flexibility index (Phi) is 5.94. The molecule has 0 amide bonds. The largest absolute Gasteiger partial charge is 0.481 e. The van der Waals surface area contributed by atoms with Crippen LogP contribution in [0.4, 0.5) is 0 Å². The highest BCUT2D eigenvalue weighted by atomic mass is 16.4. The summed E-state index contributed by atoms with van der Waals surface area (Å²) in [6, 6.07) is 0. The molecule has 6 nitrogen and oxygen atoms in total. The Morgan fingerprint density at radius 1 is 0.917 bits per heavy atom. The Balaban J connectivity index is 3.01. The van der Waals surface area contributed by atoms with Gasteiger partial charge in [-0.2, -0.15) is 0 Å². The minimum absolute atomic E-state index is 0.0140. The molecule has 70 valence electrons. The molecule has 0 unspecified atom stereocenters. The van der Waals surface area contributed by atoms with E-state index < -0.39 is 11.9 Å². The van der Waals surface area contributed by atoms with Gasteiger partial charge in [-0.25, -0.2) is 0 Å². The number of hydrogen-bond donors (Lipinski definition) is 4. The summed E-state index contributed by atoms with van der Waals surface area (Å²) >= 11 is 0. The van der Waals surface area contributed by atoms with E-state index in [0.29, 0.717) is 0 Å². The number of hydrazine groups is 1. The van der Waals surface area contributed by atoms with Crippen molar-refractivity contribution in [1.82, 2.24) is 10.9 Å². The molecule has 0 radical (unpaired) electrons. The lowest BCUT2D eigenvalue weighted by Crippen LogP contribution is -2.35. The summed E-state index contributed by atoms with van der Waals surface area (Å²) < 4.78 is 0. The number of carboxylic acids is 2. The number of carbonyl (C=O) groups is 2. The number of aliphatic carboxylic acids is 2. The first kappa shape index (κ1) is 10.9. The first-order chi connectivity index (χ1) is 5.63. The van der Waals surface area contributed by atoms with Gasteiger partial charge in [-0.1, -0.05) is 0 Å². The molecule has 0 aliphatic rings. The maximum Gasteiger partial charge on any atom is 0.304 e. The Hall–Kier alpha value is -1.14. The third kappa shape index (κ3) is 8.86. The lowest BCUT2D eigenvalue weighted by atomic mass is 10.4. The molecule has 0 aromatic heterocycles. The molecule has 0 atom stereocenters. The molecule has 0 heterocycles. The first-order valence-electron chi connectivity index (χ1n) is 3.52. The zero-order valence-corrected chi connectivity index (χ0v) is 6.54. The van der Waals surface area contributed by atoms with Crippen LogP contribution in [-0.4, -0.2) is 35.2 Å². The van der Waals surface area contributed by atoms with Gasteiger partial charge in [0, 0.05) is 13.1 Å². The van der Waals surface area contributed by atoms with Crippen molar-refractivity contribution in [2.45, 2.75) is 12.8 Å². The predicted octanol–water partition coefficient (Wildman–Crippen LogP) is -0.970. The first-order valence-corrected chi connectivity index (χ1v) is 3.52. The lowest BCUT2D eigenvalue weighted by Gasteiger charge is -2.02. The number of carboxylic acid groups (broad SMARTS) is 2. The molecule has 0 aliphatic heterocycles. The molecule has 0 aliphatic carbocycles. The van der Waals surface area contributed by atoms with E-state index in [-0.39, 0.29) is 25.9 Å². The summed E-state index contributed by atoms with van der Waals surface area (Å²) in [5.74, 6) is -1.77. The average molecular weight is 176 g/mol.